The molecular weight excluding hydrogens is 402 g/mol. The second-order valence-corrected chi connectivity index (χ2v) is 7.60. The molecular formula is C23H33NO7. The predicted molar refractivity (Wildman–Crippen MR) is 114 cm³/mol. The van der Waals surface area contributed by atoms with Crippen LogP contribution < -0.4 is 14.2 Å². The standard InChI is InChI=1S/C23H33NO7/c1-5-8-16(2)21(25)22(26)24-12-7-6-9-18(24)23(27)31-14-13-30-17-10-11-19(28-3)20(15-17)29-4/h10-11,15-16,18H,5-9,12-14H2,1-4H3. The van der Waals surface area contributed by atoms with E-state index < -0.39 is 23.7 Å². The van der Waals surface area contributed by atoms with E-state index in [1.165, 1.54) is 12.0 Å². The predicted octanol–water partition coefficient (Wildman–Crippen LogP) is 3.01. The summed E-state index contributed by atoms with van der Waals surface area (Å²) >= 11 is 0. The lowest BCUT2D eigenvalue weighted by Crippen LogP contribution is -2.52. The molecule has 1 aliphatic heterocycles. The zero-order valence-corrected chi connectivity index (χ0v) is 18.8. The SMILES string of the molecule is CCCC(C)C(=O)C(=O)N1CCCCC1C(=O)OCCOc1ccc(OC)c(OC)c1. The Morgan fingerprint density at radius 3 is 2.52 bits per heavy atom. The highest BCUT2D eigenvalue weighted by atomic mass is 16.6. The van der Waals surface area contributed by atoms with Crippen LogP contribution in [0.2, 0.25) is 0 Å². The molecule has 31 heavy (non-hydrogen) atoms. The average molecular weight is 436 g/mol. The Balaban J connectivity index is 1.88. The largest absolute Gasteiger partial charge is 0.493 e. The van der Waals surface area contributed by atoms with Crippen LogP contribution in [0, 0.1) is 5.92 Å². The quantitative estimate of drug-likeness (QED) is 0.300. The van der Waals surface area contributed by atoms with Crippen molar-refractivity contribution < 1.29 is 33.3 Å². The first-order chi connectivity index (χ1) is 14.9. The van der Waals surface area contributed by atoms with Crippen molar-refractivity contribution in [2.75, 3.05) is 34.0 Å². The molecule has 0 spiro atoms. The molecule has 0 aromatic heterocycles. The Morgan fingerprint density at radius 1 is 1.10 bits per heavy atom. The first-order valence-corrected chi connectivity index (χ1v) is 10.8. The molecule has 0 saturated carbocycles. The number of carbonyl (C=O) groups is 3. The monoisotopic (exact) mass is 435 g/mol. The van der Waals surface area contributed by atoms with E-state index in [1.54, 1.807) is 32.2 Å². The van der Waals surface area contributed by atoms with Crippen LogP contribution in [0.3, 0.4) is 0 Å². The van der Waals surface area contributed by atoms with Crippen LogP contribution in [-0.4, -0.2) is 62.6 Å². The van der Waals surface area contributed by atoms with E-state index in [0.29, 0.717) is 36.6 Å². The fourth-order valence-corrected chi connectivity index (χ4v) is 3.64. The van der Waals surface area contributed by atoms with E-state index in [1.807, 2.05) is 6.92 Å². The zero-order valence-electron chi connectivity index (χ0n) is 18.8. The number of piperidine rings is 1. The van der Waals surface area contributed by atoms with E-state index in [4.69, 9.17) is 18.9 Å². The number of Topliss-reactive ketones (excluding diaryl/α,β-unsaturated/α-hetero) is 1. The molecule has 0 radical (unpaired) electrons. The van der Waals surface area contributed by atoms with E-state index in [9.17, 15) is 14.4 Å². The van der Waals surface area contributed by atoms with E-state index >= 15 is 0 Å². The second kappa shape index (κ2) is 12.2. The number of hydrogen-bond donors (Lipinski definition) is 0. The topological polar surface area (TPSA) is 91.4 Å². The summed E-state index contributed by atoms with van der Waals surface area (Å²) in [5.74, 6) is -0.173. The number of esters is 1. The van der Waals surface area contributed by atoms with Gasteiger partial charge in [0.2, 0.25) is 5.78 Å². The van der Waals surface area contributed by atoms with Gasteiger partial charge in [-0.1, -0.05) is 20.3 Å². The molecule has 172 valence electrons. The summed E-state index contributed by atoms with van der Waals surface area (Å²) in [6, 6.07) is 4.42. The van der Waals surface area contributed by atoms with E-state index in [0.717, 1.165) is 19.3 Å². The number of amides is 1. The number of carbonyl (C=O) groups excluding carboxylic acids is 3. The Bertz CT molecular complexity index is 764. The van der Waals surface area contributed by atoms with Crippen molar-refractivity contribution in [3.63, 3.8) is 0 Å². The fraction of sp³-hybridized carbons (Fsp3) is 0.609. The molecule has 1 amide bonds. The lowest BCUT2D eigenvalue weighted by molar-refractivity contribution is -0.160. The molecule has 0 aliphatic carbocycles. The number of methoxy groups -OCH3 is 2. The van der Waals surface area contributed by atoms with Crippen LogP contribution in [0.4, 0.5) is 0 Å². The van der Waals surface area contributed by atoms with Crippen molar-refractivity contribution in [1.29, 1.82) is 0 Å². The summed E-state index contributed by atoms with van der Waals surface area (Å²) in [6.45, 7) is 4.30. The van der Waals surface area contributed by atoms with Crippen LogP contribution in [0.25, 0.3) is 0 Å². The number of benzene rings is 1. The number of likely N-dealkylation sites (tertiary alicyclic amines) is 1. The van der Waals surface area contributed by atoms with Crippen molar-refractivity contribution in [2.24, 2.45) is 5.92 Å². The van der Waals surface area contributed by atoms with Gasteiger partial charge in [0.15, 0.2) is 11.5 Å². The molecule has 1 aromatic carbocycles. The Hall–Kier alpha value is -2.77. The molecule has 2 unspecified atom stereocenters. The summed E-state index contributed by atoms with van der Waals surface area (Å²) in [7, 11) is 3.09. The van der Waals surface area contributed by atoms with Crippen LogP contribution in [0.15, 0.2) is 18.2 Å². The molecule has 2 rings (SSSR count). The third-order valence-electron chi connectivity index (χ3n) is 5.37. The van der Waals surface area contributed by atoms with Gasteiger partial charge in [0.25, 0.3) is 5.91 Å². The molecule has 1 aliphatic rings. The van der Waals surface area contributed by atoms with Gasteiger partial charge in [0.05, 0.1) is 14.2 Å². The molecule has 2 atom stereocenters. The van der Waals surface area contributed by atoms with Crippen LogP contribution in [0.5, 0.6) is 17.2 Å². The molecule has 8 heteroatoms. The summed E-state index contributed by atoms with van der Waals surface area (Å²) in [5, 5.41) is 0. The maximum absolute atomic E-state index is 12.7. The van der Waals surface area contributed by atoms with Gasteiger partial charge in [-0.05, 0) is 37.8 Å². The Kier molecular flexibility index (Phi) is 9.62. The normalized spacial score (nSPS) is 16.9. The lowest BCUT2D eigenvalue weighted by atomic mass is 9.96. The fourth-order valence-electron chi connectivity index (χ4n) is 3.64. The smallest absolute Gasteiger partial charge is 0.328 e. The van der Waals surface area contributed by atoms with Crippen LogP contribution >= 0.6 is 0 Å². The third-order valence-corrected chi connectivity index (χ3v) is 5.37. The molecule has 0 N–H and O–H groups in total. The Labute approximate surface area is 183 Å². The van der Waals surface area contributed by atoms with Gasteiger partial charge in [-0.2, -0.15) is 0 Å². The highest BCUT2D eigenvalue weighted by molar-refractivity contribution is 6.37. The second-order valence-electron chi connectivity index (χ2n) is 7.60. The highest BCUT2D eigenvalue weighted by Gasteiger charge is 2.37. The third kappa shape index (κ3) is 6.60. The minimum atomic E-state index is -0.722. The van der Waals surface area contributed by atoms with Gasteiger partial charge in [-0.15, -0.1) is 0 Å². The molecule has 1 saturated heterocycles. The summed E-state index contributed by atoms with van der Waals surface area (Å²) in [5.41, 5.74) is 0. The average Bonchev–Trinajstić information content (AvgIpc) is 2.80. The molecule has 8 nitrogen and oxygen atoms in total. The maximum atomic E-state index is 12.7. The van der Waals surface area contributed by atoms with Crippen molar-refractivity contribution in [2.45, 2.75) is 52.0 Å². The number of hydrogen-bond acceptors (Lipinski definition) is 7. The lowest BCUT2D eigenvalue weighted by Gasteiger charge is -2.34. The van der Waals surface area contributed by atoms with Crippen molar-refractivity contribution in [3.8, 4) is 17.2 Å². The molecule has 1 heterocycles. The molecule has 0 bridgehead atoms. The van der Waals surface area contributed by atoms with Crippen molar-refractivity contribution in [1.82, 2.24) is 4.90 Å². The van der Waals surface area contributed by atoms with Crippen LogP contribution in [0.1, 0.15) is 46.0 Å². The first kappa shape index (κ1) is 24.5. The summed E-state index contributed by atoms with van der Waals surface area (Å²) < 4.78 is 21.4. The zero-order chi connectivity index (χ0) is 22.8. The van der Waals surface area contributed by atoms with Gasteiger partial charge >= 0.3 is 5.97 Å². The minimum absolute atomic E-state index is 0.0336. The molecule has 1 aromatic rings. The van der Waals surface area contributed by atoms with E-state index in [-0.39, 0.29) is 19.1 Å². The number of nitrogens with zero attached hydrogens (tertiary/aromatic N) is 1. The van der Waals surface area contributed by atoms with Crippen molar-refractivity contribution >= 4 is 17.7 Å². The maximum Gasteiger partial charge on any atom is 0.328 e. The number of ether oxygens (including phenoxy) is 4. The number of rotatable bonds is 11. The van der Waals surface area contributed by atoms with Crippen LogP contribution in [-0.2, 0) is 19.1 Å². The van der Waals surface area contributed by atoms with Gasteiger partial charge < -0.3 is 23.8 Å². The first-order valence-electron chi connectivity index (χ1n) is 10.8. The van der Waals surface area contributed by atoms with Gasteiger partial charge in [0.1, 0.15) is 25.0 Å². The summed E-state index contributed by atoms with van der Waals surface area (Å²) in [6.07, 6.45) is 3.56. The number of ketones is 1. The minimum Gasteiger partial charge on any atom is -0.493 e. The molecule has 1 fully saturated rings. The summed E-state index contributed by atoms with van der Waals surface area (Å²) in [4.78, 5) is 39.1. The highest BCUT2D eigenvalue weighted by Crippen LogP contribution is 2.30. The Morgan fingerprint density at radius 2 is 1.84 bits per heavy atom. The van der Waals surface area contributed by atoms with Gasteiger partial charge in [0, 0.05) is 18.5 Å². The van der Waals surface area contributed by atoms with Gasteiger partial charge in [-0.3, -0.25) is 9.59 Å². The van der Waals surface area contributed by atoms with E-state index in [2.05, 4.69) is 0 Å². The van der Waals surface area contributed by atoms with Gasteiger partial charge in [-0.25, -0.2) is 4.79 Å². The van der Waals surface area contributed by atoms with Crippen molar-refractivity contribution in [3.05, 3.63) is 18.2 Å².